The summed E-state index contributed by atoms with van der Waals surface area (Å²) >= 11 is 0. The van der Waals surface area contributed by atoms with Crippen molar-refractivity contribution in [2.24, 2.45) is 5.73 Å². The van der Waals surface area contributed by atoms with E-state index < -0.39 is 0 Å². The summed E-state index contributed by atoms with van der Waals surface area (Å²) in [5, 5.41) is 3.86. The first kappa shape index (κ1) is 9.93. The van der Waals surface area contributed by atoms with Crippen molar-refractivity contribution in [2.45, 2.75) is 19.9 Å². The summed E-state index contributed by atoms with van der Waals surface area (Å²) in [5.74, 6) is 0.866. The molecule has 2 aromatic rings. The van der Waals surface area contributed by atoms with Gasteiger partial charge in [-0.25, -0.2) is 0 Å². The zero-order valence-corrected chi connectivity index (χ0v) is 8.73. The van der Waals surface area contributed by atoms with E-state index in [9.17, 15) is 0 Å². The molecule has 0 amide bonds. The normalized spacial score (nSPS) is 10.5. The highest BCUT2D eigenvalue weighted by atomic mass is 16.5. The van der Waals surface area contributed by atoms with Gasteiger partial charge in [0.15, 0.2) is 0 Å². The average Bonchev–Trinajstić information content (AvgIpc) is 2.69. The van der Waals surface area contributed by atoms with Gasteiger partial charge < -0.3 is 10.3 Å². The number of nitrogens with two attached hydrogens (primary N) is 1. The topological polar surface area (TPSA) is 52.0 Å². The minimum Gasteiger partial charge on any atom is -0.361 e. The lowest BCUT2D eigenvalue weighted by molar-refractivity contribution is 0.383. The van der Waals surface area contributed by atoms with Crippen molar-refractivity contribution in [3.05, 3.63) is 52.9 Å². The van der Waals surface area contributed by atoms with Gasteiger partial charge in [0.2, 0.25) is 0 Å². The van der Waals surface area contributed by atoms with Crippen molar-refractivity contribution < 1.29 is 4.52 Å². The number of aryl methyl sites for hydroxylation is 1. The van der Waals surface area contributed by atoms with Gasteiger partial charge in [-0.15, -0.1) is 0 Å². The second-order valence-electron chi connectivity index (χ2n) is 3.59. The van der Waals surface area contributed by atoms with Crippen LogP contribution in [0.1, 0.15) is 22.6 Å². The quantitative estimate of drug-likeness (QED) is 0.828. The van der Waals surface area contributed by atoms with E-state index in [-0.39, 0.29) is 0 Å². The summed E-state index contributed by atoms with van der Waals surface area (Å²) in [6, 6.07) is 10.2. The molecule has 0 aliphatic carbocycles. The first-order chi connectivity index (χ1) is 7.29. The van der Waals surface area contributed by atoms with Crippen molar-refractivity contribution in [1.82, 2.24) is 5.16 Å². The van der Waals surface area contributed by atoms with Crippen LogP contribution < -0.4 is 5.73 Å². The van der Waals surface area contributed by atoms with Crippen LogP contribution in [0.2, 0.25) is 0 Å². The number of benzene rings is 1. The molecule has 0 unspecified atom stereocenters. The Morgan fingerprint density at radius 2 is 2.13 bits per heavy atom. The number of rotatable bonds is 3. The van der Waals surface area contributed by atoms with Gasteiger partial charge in [-0.05, 0) is 18.1 Å². The van der Waals surface area contributed by atoms with Crippen LogP contribution >= 0.6 is 0 Å². The first-order valence-electron chi connectivity index (χ1n) is 4.98. The van der Waals surface area contributed by atoms with Gasteiger partial charge in [-0.2, -0.15) is 0 Å². The first-order valence-corrected chi connectivity index (χ1v) is 4.98. The van der Waals surface area contributed by atoms with Crippen LogP contribution in [0.4, 0.5) is 0 Å². The molecule has 0 saturated carbocycles. The molecule has 0 spiro atoms. The molecule has 1 aromatic heterocycles. The van der Waals surface area contributed by atoms with E-state index in [1.54, 1.807) is 0 Å². The minimum atomic E-state index is 0.428. The molecule has 1 aromatic carbocycles. The van der Waals surface area contributed by atoms with Gasteiger partial charge >= 0.3 is 0 Å². The third-order valence-corrected chi connectivity index (χ3v) is 2.44. The maximum absolute atomic E-state index is 5.46. The Morgan fingerprint density at radius 1 is 1.33 bits per heavy atom. The van der Waals surface area contributed by atoms with E-state index in [4.69, 9.17) is 10.3 Å². The Morgan fingerprint density at radius 3 is 2.80 bits per heavy atom. The Labute approximate surface area is 88.9 Å². The van der Waals surface area contributed by atoms with Crippen LogP contribution in [-0.2, 0) is 13.0 Å². The van der Waals surface area contributed by atoms with Crippen LogP contribution in [0.5, 0.6) is 0 Å². The standard InChI is InChI=1S/C12H14N2O/c1-9-4-2-3-5-10(9)6-12-7-11(8-13)14-15-12/h2-5,7H,6,8,13H2,1H3. The third kappa shape index (κ3) is 2.25. The maximum Gasteiger partial charge on any atom is 0.141 e. The number of hydrogen-bond donors (Lipinski definition) is 1. The van der Waals surface area contributed by atoms with E-state index >= 15 is 0 Å². The molecule has 0 saturated heterocycles. The molecule has 0 radical (unpaired) electrons. The second kappa shape index (κ2) is 4.28. The van der Waals surface area contributed by atoms with E-state index in [2.05, 4.69) is 24.2 Å². The van der Waals surface area contributed by atoms with Crippen molar-refractivity contribution in [3.63, 3.8) is 0 Å². The zero-order chi connectivity index (χ0) is 10.7. The van der Waals surface area contributed by atoms with Crippen molar-refractivity contribution in [3.8, 4) is 0 Å². The fourth-order valence-electron chi connectivity index (χ4n) is 1.53. The molecular weight excluding hydrogens is 188 g/mol. The lowest BCUT2D eigenvalue weighted by atomic mass is 10.0. The summed E-state index contributed by atoms with van der Waals surface area (Å²) in [7, 11) is 0. The molecule has 0 atom stereocenters. The number of nitrogens with zero attached hydrogens (tertiary/aromatic N) is 1. The summed E-state index contributed by atoms with van der Waals surface area (Å²) in [6.45, 7) is 2.52. The highest BCUT2D eigenvalue weighted by Gasteiger charge is 2.05. The van der Waals surface area contributed by atoms with Crippen LogP contribution in [0.25, 0.3) is 0 Å². The summed E-state index contributed by atoms with van der Waals surface area (Å²) in [4.78, 5) is 0. The predicted molar refractivity (Wildman–Crippen MR) is 58.4 cm³/mol. The van der Waals surface area contributed by atoms with Crippen LogP contribution in [-0.4, -0.2) is 5.16 Å². The Hall–Kier alpha value is -1.61. The lowest BCUT2D eigenvalue weighted by Gasteiger charge is -2.01. The fourth-order valence-corrected chi connectivity index (χ4v) is 1.53. The molecule has 78 valence electrons. The number of hydrogen-bond acceptors (Lipinski definition) is 3. The summed E-state index contributed by atoms with van der Waals surface area (Å²) in [6.07, 6.45) is 0.777. The van der Waals surface area contributed by atoms with E-state index in [0.717, 1.165) is 17.9 Å². The van der Waals surface area contributed by atoms with Crippen molar-refractivity contribution in [1.29, 1.82) is 0 Å². The zero-order valence-electron chi connectivity index (χ0n) is 8.73. The molecule has 2 rings (SSSR count). The Kier molecular flexibility index (Phi) is 2.83. The monoisotopic (exact) mass is 202 g/mol. The van der Waals surface area contributed by atoms with E-state index in [1.807, 2.05) is 18.2 Å². The highest BCUT2D eigenvalue weighted by molar-refractivity contribution is 5.29. The highest BCUT2D eigenvalue weighted by Crippen LogP contribution is 2.14. The number of aromatic nitrogens is 1. The van der Waals surface area contributed by atoms with Gasteiger partial charge in [0, 0.05) is 19.0 Å². The van der Waals surface area contributed by atoms with Crippen LogP contribution in [0, 0.1) is 6.92 Å². The van der Waals surface area contributed by atoms with Gasteiger partial charge in [0.05, 0.1) is 5.69 Å². The smallest absolute Gasteiger partial charge is 0.141 e. The Balaban J connectivity index is 2.18. The summed E-state index contributed by atoms with van der Waals surface area (Å²) < 4.78 is 5.18. The maximum atomic E-state index is 5.46. The second-order valence-corrected chi connectivity index (χ2v) is 3.59. The molecule has 2 N–H and O–H groups in total. The lowest BCUT2D eigenvalue weighted by Crippen LogP contribution is -1.95. The third-order valence-electron chi connectivity index (χ3n) is 2.44. The fraction of sp³-hybridized carbons (Fsp3) is 0.250. The molecule has 0 aliphatic rings. The van der Waals surface area contributed by atoms with E-state index in [0.29, 0.717) is 6.54 Å². The molecule has 1 heterocycles. The van der Waals surface area contributed by atoms with Gasteiger partial charge in [0.25, 0.3) is 0 Å². The Bertz CT molecular complexity index is 448. The molecule has 0 fully saturated rings. The van der Waals surface area contributed by atoms with Gasteiger partial charge in [-0.1, -0.05) is 29.4 Å². The van der Waals surface area contributed by atoms with Gasteiger partial charge in [-0.3, -0.25) is 0 Å². The molecule has 3 heteroatoms. The average molecular weight is 202 g/mol. The SMILES string of the molecule is Cc1ccccc1Cc1cc(CN)no1. The van der Waals surface area contributed by atoms with Gasteiger partial charge in [0.1, 0.15) is 5.76 Å². The molecule has 15 heavy (non-hydrogen) atoms. The molecule has 3 nitrogen and oxygen atoms in total. The molecule has 0 bridgehead atoms. The largest absolute Gasteiger partial charge is 0.361 e. The van der Waals surface area contributed by atoms with Crippen molar-refractivity contribution >= 4 is 0 Å². The van der Waals surface area contributed by atoms with Crippen LogP contribution in [0.15, 0.2) is 34.9 Å². The van der Waals surface area contributed by atoms with Crippen molar-refractivity contribution in [2.75, 3.05) is 0 Å². The minimum absolute atomic E-state index is 0.428. The summed E-state index contributed by atoms with van der Waals surface area (Å²) in [5.41, 5.74) is 8.80. The van der Waals surface area contributed by atoms with Crippen LogP contribution in [0.3, 0.4) is 0 Å². The van der Waals surface area contributed by atoms with E-state index in [1.165, 1.54) is 11.1 Å². The predicted octanol–water partition coefficient (Wildman–Crippen LogP) is 2.03. The molecule has 0 aliphatic heterocycles. The molecular formula is C12H14N2O.